The number of esters is 1. The van der Waals surface area contributed by atoms with Crippen LogP contribution in [-0.2, 0) is 4.79 Å². The van der Waals surface area contributed by atoms with Gasteiger partial charge >= 0.3 is 5.97 Å². The third kappa shape index (κ3) is 5.81. The largest absolute Gasteiger partial charge is 0.497 e. The van der Waals surface area contributed by atoms with Crippen molar-refractivity contribution in [3.8, 4) is 23.0 Å². The van der Waals surface area contributed by atoms with E-state index in [0.717, 1.165) is 0 Å². The molecule has 0 radical (unpaired) electrons. The average Bonchev–Trinajstić information content (AvgIpc) is 3.23. The molecule has 184 valence electrons. The summed E-state index contributed by atoms with van der Waals surface area (Å²) in [6, 6.07) is 16.8. The van der Waals surface area contributed by atoms with E-state index in [4.69, 9.17) is 30.5 Å². The molecule has 0 atom stereocenters. The van der Waals surface area contributed by atoms with Crippen LogP contribution in [0.3, 0.4) is 0 Å². The lowest BCUT2D eigenvalue weighted by molar-refractivity contribution is -0.115. The van der Waals surface area contributed by atoms with Crippen molar-refractivity contribution in [1.82, 2.24) is 5.32 Å². The third-order valence-corrected chi connectivity index (χ3v) is 6.21. The molecule has 3 aromatic carbocycles. The number of aliphatic imine (C=N–C) groups is 1. The number of carbonyl (C=O) groups excluding carboxylic acids is 2. The van der Waals surface area contributed by atoms with Gasteiger partial charge in [-0.15, -0.1) is 0 Å². The van der Waals surface area contributed by atoms with Crippen LogP contribution < -0.4 is 24.3 Å². The van der Waals surface area contributed by atoms with Crippen LogP contribution in [0.1, 0.15) is 15.9 Å². The minimum atomic E-state index is -0.603. The highest BCUT2D eigenvalue weighted by molar-refractivity contribution is 8.18. The number of hydrogen-bond donors (Lipinski definition) is 1. The zero-order valence-corrected chi connectivity index (χ0v) is 21.1. The fraction of sp³-hybridized carbons (Fsp3) is 0.115. The topological polar surface area (TPSA) is 95.5 Å². The summed E-state index contributed by atoms with van der Waals surface area (Å²) in [5.41, 5.74) is 1.58. The monoisotopic (exact) mass is 524 g/mol. The normalized spacial score (nSPS) is 15.1. The van der Waals surface area contributed by atoms with Crippen molar-refractivity contribution in [3.05, 3.63) is 81.7 Å². The van der Waals surface area contributed by atoms with Crippen molar-refractivity contribution in [3.63, 3.8) is 0 Å². The van der Waals surface area contributed by atoms with E-state index in [2.05, 4.69) is 10.3 Å². The lowest BCUT2D eigenvalue weighted by Gasteiger charge is -2.12. The Hall–Kier alpha value is -3.95. The van der Waals surface area contributed by atoms with Crippen molar-refractivity contribution in [2.45, 2.75) is 0 Å². The van der Waals surface area contributed by atoms with Crippen LogP contribution >= 0.6 is 23.4 Å². The molecule has 36 heavy (non-hydrogen) atoms. The van der Waals surface area contributed by atoms with Gasteiger partial charge in [0.2, 0.25) is 0 Å². The van der Waals surface area contributed by atoms with Crippen molar-refractivity contribution in [2.75, 3.05) is 21.3 Å². The Morgan fingerprint density at radius 1 is 0.944 bits per heavy atom. The highest BCUT2D eigenvalue weighted by Gasteiger charge is 2.24. The minimum absolute atomic E-state index is 0.0763. The molecule has 3 aromatic rings. The molecule has 1 amide bonds. The van der Waals surface area contributed by atoms with Gasteiger partial charge in [-0.25, -0.2) is 9.79 Å². The fourth-order valence-corrected chi connectivity index (χ4v) is 4.31. The summed E-state index contributed by atoms with van der Waals surface area (Å²) >= 11 is 7.62. The second kappa shape index (κ2) is 11.2. The van der Waals surface area contributed by atoms with E-state index < -0.39 is 5.97 Å². The number of rotatable bonds is 7. The molecule has 8 nitrogen and oxygen atoms in total. The molecule has 1 heterocycles. The molecule has 1 aliphatic heterocycles. The van der Waals surface area contributed by atoms with Gasteiger partial charge in [0.25, 0.3) is 5.91 Å². The molecule has 0 spiro atoms. The molecule has 4 rings (SSSR count). The van der Waals surface area contributed by atoms with E-state index in [1.54, 1.807) is 73.8 Å². The number of nitrogens with zero attached hydrogens (tertiary/aromatic N) is 1. The highest BCUT2D eigenvalue weighted by Crippen LogP contribution is 2.38. The second-order valence-electron chi connectivity index (χ2n) is 7.33. The Balaban J connectivity index is 1.53. The Labute approximate surface area is 216 Å². The van der Waals surface area contributed by atoms with Gasteiger partial charge in [0, 0.05) is 0 Å². The SMILES string of the molecule is COc1ccc(N=C2NC(=O)/C(=C/c3cc(Cl)c(OC(=O)c4ccc(OC)cc4)c(OC)c3)S2)cc1. The number of methoxy groups -OCH3 is 3. The van der Waals surface area contributed by atoms with Crippen molar-refractivity contribution < 1.29 is 28.5 Å². The molecule has 0 aliphatic carbocycles. The lowest BCUT2D eigenvalue weighted by atomic mass is 10.1. The summed E-state index contributed by atoms with van der Waals surface area (Å²) in [4.78, 5) is 30.0. The van der Waals surface area contributed by atoms with Crippen molar-refractivity contribution in [1.29, 1.82) is 0 Å². The van der Waals surface area contributed by atoms with Crippen LogP contribution in [0.25, 0.3) is 6.08 Å². The molecule has 1 N–H and O–H groups in total. The van der Waals surface area contributed by atoms with E-state index in [0.29, 0.717) is 38.4 Å². The summed E-state index contributed by atoms with van der Waals surface area (Å²) in [7, 11) is 4.56. The first-order chi connectivity index (χ1) is 17.4. The fourth-order valence-electron chi connectivity index (χ4n) is 3.21. The van der Waals surface area contributed by atoms with E-state index >= 15 is 0 Å². The van der Waals surface area contributed by atoms with E-state index in [1.165, 1.54) is 26.0 Å². The maximum Gasteiger partial charge on any atom is 0.343 e. The van der Waals surface area contributed by atoms with E-state index in [-0.39, 0.29) is 22.4 Å². The molecule has 10 heteroatoms. The molecular formula is C26H21ClN2O6S. The predicted octanol–water partition coefficient (Wildman–Crippen LogP) is 5.48. The van der Waals surface area contributed by atoms with Gasteiger partial charge in [0.15, 0.2) is 16.7 Å². The van der Waals surface area contributed by atoms with Gasteiger partial charge in [-0.2, -0.15) is 0 Å². The number of nitrogens with one attached hydrogen (secondary N) is 1. The molecule has 1 fully saturated rings. The zero-order chi connectivity index (χ0) is 25.7. The minimum Gasteiger partial charge on any atom is -0.497 e. The summed E-state index contributed by atoms with van der Waals surface area (Å²) in [6.45, 7) is 0. The van der Waals surface area contributed by atoms with Gasteiger partial charge in [-0.1, -0.05) is 11.6 Å². The van der Waals surface area contributed by atoms with Crippen LogP contribution in [0, 0.1) is 0 Å². The smallest absolute Gasteiger partial charge is 0.343 e. The van der Waals surface area contributed by atoms with E-state index in [1.807, 2.05) is 0 Å². The molecule has 0 bridgehead atoms. The summed E-state index contributed by atoms with van der Waals surface area (Å²) in [5.74, 6) is 0.753. The van der Waals surface area contributed by atoms with Crippen LogP contribution in [0.4, 0.5) is 5.69 Å². The van der Waals surface area contributed by atoms with Gasteiger partial charge in [-0.3, -0.25) is 4.79 Å². The maximum atomic E-state index is 12.6. The average molecular weight is 525 g/mol. The molecule has 0 aromatic heterocycles. The van der Waals surface area contributed by atoms with Crippen LogP contribution in [0.15, 0.2) is 70.6 Å². The highest BCUT2D eigenvalue weighted by atomic mass is 35.5. The van der Waals surface area contributed by atoms with Gasteiger partial charge in [0.1, 0.15) is 11.5 Å². The standard InChI is InChI=1S/C26H21ClN2O6S/c1-32-18-8-4-16(5-9-18)25(31)35-23-20(27)12-15(13-21(23)34-3)14-22-24(30)29-26(36-22)28-17-6-10-19(33-2)11-7-17/h4-14H,1-3H3,(H,28,29,30)/b22-14-. The first-order valence-corrected chi connectivity index (χ1v) is 11.8. The summed E-state index contributed by atoms with van der Waals surface area (Å²) in [5, 5.41) is 3.34. The summed E-state index contributed by atoms with van der Waals surface area (Å²) < 4.78 is 21.1. The van der Waals surface area contributed by atoms with Crippen LogP contribution in [0.5, 0.6) is 23.0 Å². The number of amides is 1. The number of benzene rings is 3. The molecule has 1 aliphatic rings. The Morgan fingerprint density at radius 3 is 2.19 bits per heavy atom. The van der Waals surface area contributed by atoms with Gasteiger partial charge in [0.05, 0.1) is 42.5 Å². The molecule has 1 saturated heterocycles. The Morgan fingerprint density at radius 2 is 1.58 bits per heavy atom. The van der Waals surface area contributed by atoms with Crippen molar-refractivity contribution >= 4 is 52.2 Å². The molecular weight excluding hydrogens is 504 g/mol. The number of hydrogen-bond acceptors (Lipinski definition) is 8. The number of carbonyl (C=O) groups is 2. The Kier molecular flexibility index (Phi) is 7.82. The van der Waals surface area contributed by atoms with Gasteiger partial charge < -0.3 is 24.3 Å². The predicted molar refractivity (Wildman–Crippen MR) is 140 cm³/mol. The second-order valence-corrected chi connectivity index (χ2v) is 8.77. The number of ether oxygens (including phenoxy) is 4. The van der Waals surface area contributed by atoms with Gasteiger partial charge in [-0.05, 0) is 84.1 Å². The molecule has 0 unspecified atom stereocenters. The van der Waals surface area contributed by atoms with Crippen LogP contribution in [-0.4, -0.2) is 38.4 Å². The number of halogens is 1. The lowest BCUT2D eigenvalue weighted by Crippen LogP contribution is -2.19. The van der Waals surface area contributed by atoms with E-state index in [9.17, 15) is 9.59 Å². The number of amidine groups is 1. The third-order valence-electron chi connectivity index (χ3n) is 5.02. The first kappa shape index (κ1) is 25.2. The summed E-state index contributed by atoms with van der Waals surface area (Å²) in [6.07, 6.45) is 1.65. The molecule has 0 saturated carbocycles. The van der Waals surface area contributed by atoms with Crippen LogP contribution in [0.2, 0.25) is 5.02 Å². The maximum absolute atomic E-state index is 12.6. The zero-order valence-electron chi connectivity index (χ0n) is 19.5. The Bertz CT molecular complexity index is 1350. The van der Waals surface area contributed by atoms with Crippen molar-refractivity contribution in [2.24, 2.45) is 4.99 Å². The first-order valence-electron chi connectivity index (χ1n) is 10.6. The number of thioether (sulfide) groups is 1. The quantitative estimate of drug-likeness (QED) is 0.248.